The fourth-order valence-corrected chi connectivity index (χ4v) is 2.07. The second-order valence-corrected chi connectivity index (χ2v) is 4.48. The first-order chi connectivity index (χ1) is 7.65. The second-order valence-electron chi connectivity index (χ2n) is 4.48. The van der Waals surface area contributed by atoms with Crippen molar-refractivity contribution in [1.82, 2.24) is 9.97 Å². The Bertz CT molecular complexity index is 347. The quantitative estimate of drug-likeness (QED) is 0.847. The maximum absolute atomic E-state index is 5.52. The molecule has 1 aromatic rings. The van der Waals surface area contributed by atoms with E-state index in [2.05, 4.69) is 22.2 Å². The Morgan fingerprint density at radius 3 is 2.62 bits per heavy atom. The Morgan fingerprint density at radius 1 is 1.38 bits per heavy atom. The highest BCUT2D eigenvalue weighted by Gasteiger charge is 2.23. The van der Waals surface area contributed by atoms with Crippen molar-refractivity contribution in [2.45, 2.75) is 33.3 Å². The van der Waals surface area contributed by atoms with Crippen molar-refractivity contribution in [2.24, 2.45) is 5.92 Å². The number of anilines is 1. The number of ether oxygens (including phenoxy) is 1. The van der Waals surface area contributed by atoms with Crippen LogP contribution in [0.5, 0.6) is 0 Å². The predicted molar refractivity (Wildman–Crippen MR) is 63.5 cm³/mol. The van der Waals surface area contributed by atoms with E-state index in [0.717, 1.165) is 36.9 Å². The molecule has 0 bridgehead atoms. The molecule has 1 aliphatic rings. The normalized spacial score (nSPS) is 24.7. The third-order valence-electron chi connectivity index (χ3n) is 3.04. The molecule has 0 spiro atoms. The number of rotatable bonds is 3. The lowest BCUT2D eigenvalue weighted by Gasteiger charge is -2.14. The van der Waals surface area contributed by atoms with Gasteiger partial charge in [-0.2, -0.15) is 0 Å². The fraction of sp³-hybridized carbons (Fsp3) is 0.667. The second kappa shape index (κ2) is 4.78. The Morgan fingerprint density at radius 2 is 2.06 bits per heavy atom. The minimum absolute atomic E-state index is 0.346. The molecule has 0 radical (unpaired) electrons. The van der Waals surface area contributed by atoms with Gasteiger partial charge < -0.3 is 10.1 Å². The monoisotopic (exact) mass is 221 g/mol. The molecule has 2 atom stereocenters. The number of aromatic nitrogens is 2. The average Bonchev–Trinajstić information content (AvgIpc) is 2.59. The van der Waals surface area contributed by atoms with Crippen molar-refractivity contribution in [2.75, 3.05) is 18.5 Å². The summed E-state index contributed by atoms with van der Waals surface area (Å²) in [5, 5.41) is 3.30. The van der Waals surface area contributed by atoms with Gasteiger partial charge in [0.15, 0.2) is 0 Å². The zero-order valence-electron chi connectivity index (χ0n) is 10.2. The number of nitrogens with one attached hydrogen (secondary N) is 1. The minimum Gasteiger partial charge on any atom is -0.378 e. The third-order valence-corrected chi connectivity index (χ3v) is 3.04. The molecule has 2 unspecified atom stereocenters. The van der Waals surface area contributed by atoms with Crippen LogP contribution in [0, 0.1) is 19.8 Å². The third kappa shape index (κ3) is 2.70. The van der Waals surface area contributed by atoms with E-state index in [-0.39, 0.29) is 0 Å². The molecule has 1 aliphatic heterocycles. The largest absolute Gasteiger partial charge is 0.378 e. The number of hydrogen-bond acceptors (Lipinski definition) is 4. The molecule has 0 saturated carbocycles. The highest BCUT2D eigenvalue weighted by atomic mass is 16.5. The van der Waals surface area contributed by atoms with E-state index in [1.54, 1.807) is 0 Å². The summed E-state index contributed by atoms with van der Waals surface area (Å²) in [5.41, 5.74) is 2.01. The van der Waals surface area contributed by atoms with Gasteiger partial charge in [-0.3, -0.25) is 0 Å². The van der Waals surface area contributed by atoms with E-state index in [1.807, 2.05) is 19.9 Å². The van der Waals surface area contributed by atoms with Gasteiger partial charge in [-0.25, -0.2) is 9.97 Å². The summed E-state index contributed by atoms with van der Waals surface area (Å²) in [6.45, 7) is 7.87. The van der Waals surface area contributed by atoms with E-state index in [9.17, 15) is 0 Å². The van der Waals surface area contributed by atoms with Gasteiger partial charge in [0.05, 0.1) is 6.10 Å². The lowest BCUT2D eigenvalue weighted by atomic mass is 10.0. The molecule has 1 fully saturated rings. The van der Waals surface area contributed by atoms with Gasteiger partial charge in [0.25, 0.3) is 0 Å². The van der Waals surface area contributed by atoms with Gasteiger partial charge in [-0.15, -0.1) is 0 Å². The van der Waals surface area contributed by atoms with Crippen LogP contribution in [0.15, 0.2) is 6.07 Å². The molecule has 0 aliphatic carbocycles. The molecule has 1 N–H and O–H groups in total. The van der Waals surface area contributed by atoms with E-state index in [1.165, 1.54) is 0 Å². The van der Waals surface area contributed by atoms with E-state index >= 15 is 0 Å². The number of hydrogen-bond donors (Lipinski definition) is 1. The van der Waals surface area contributed by atoms with Crippen molar-refractivity contribution < 1.29 is 4.74 Å². The summed E-state index contributed by atoms with van der Waals surface area (Å²) < 4.78 is 5.52. The van der Waals surface area contributed by atoms with Crippen LogP contribution in [0.25, 0.3) is 0 Å². The van der Waals surface area contributed by atoms with Gasteiger partial charge in [0.2, 0.25) is 5.95 Å². The van der Waals surface area contributed by atoms with Crippen LogP contribution in [0.1, 0.15) is 24.7 Å². The summed E-state index contributed by atoms with van der Waals surface area (Å²) in [7, 11) is 0. The number of aryl methyl sites for hydroxylation is 2. The fourth-order valence-electron chi connectivity index (χ4n) is 2.07. The Hall–Kier alpha value is -1.16. The van der Waals surface area contributed by atoms with Gasteiger partial charge >= 0.3 is 0 Å². The van der Waals surface area contributed by atoms with Crippen LogP contribution < -0.4 is 5.32 Å². The molecule has 88 valence electrons. The van der Waals surface area contributed by atoms with Crippen molar-refractivity contribution in [3.63, 3.8) is 0 Å². The number of nitrogens with zero attached hydrogens (tertiary/aromatic N) is 2. The SMILES string of the molecule is Cc1cc(C)nc(NCC2CCOC2C)n1. The van der Waals surface area contributed by atoms with E-state index in [0.29, 0.717) is 12.0 Å². The molecule has 2 rings (SSSR count). The smallest absolute Gasteiger partial charge is 0.223 e. The molecule has 1 saturated heterocycles. The van der Waals surface area contributed by atoms with Crippen LogP contribution in [0.3, 0.4) is 0 Å². The van der Waals surface area contributed by atoms with Gasteiger partial charge in [0.1, 0.15) is 0 Å². The molecule has 0 aromatic carbocycles. The lowest BCUT2D eigenvalue weighted by Crippen LogP contribution is -2.21. The first-order valence-electron chi connectivity index (χ1n) is 5.83. The molecular formula is C12H19N3O. The van der Waals surface area contributed by atoms with Crippen molar-refractivity contribution in [3.8, 4) is 0 Å². The van der Waals surface area contributed by atoms with Gasteiger partial charge in [-0.05, 0) is 33.3 Å². The summed E-state index contributed by atoms with van der Waals surface area (Å²) in [6.07, 6.45) is 1.47. The summed E-state index contributed by atoms with van der Waals surface area (Å²) >= 11 is 0. The van der Waals surface area contributed by atoms with Crippen LogP contribution >= 0.6 is 0 Å². The summed E-state index contributed by atoms with van der Waals surface area (Å²) in [5.74, 6) is 1.31. The molecule has 16 heavy (non-hydrogen) atoms. The highest BCUT2D eigenvalue weighted by molar-refractivity contribution is 5.27. The van der Waals surface area contributed by atoms with Crippen LogP contribution in [-0.4, -0.2) is 29.2 Å². The van der Waals surface area contributed by atoms with Gasteiger partial charge in [-0.1, -0.05) is 0 Å². The molecule has 4 heteroatoms. The Labute approximate surface area is 96.4 Å². The highest BCUT2D eigenvalue weighted by Crippen LogP contribution is 2.20. The predicted octanol–water partition coefficient (Wildman–Crippen LogP) is 1.93. The Balaban J connectivity index is 1.94. The topological polar surface area (TPSA) is 47.0 Å². The molecule has 2 heterocycles. The maximum Gasteiger partial charge on any atom is 0.223 e. The van der Waals surface area contributed by atoms with E-state index in [4.69, 9.17) is 4.74 Å². The van der Waals surface area contributed by atoms with Crippen molar-refractivity contribution in [1.29, 1.82) is 0 Å². The molecule has 0 amide bonds. The van der Waals surface area contributed by atoms with Crippen molar-refractivity contribution in [3.05, 3.63) is 17.5 Å². The van der Waals surface area contributed by atoms with Gasteiger partial charge in [0, 0.05) is 30.5 Å². The average molecular weight is 221 g/mol. The first-order valence-corrected chi connectivity index (χ1v) is 5.83. The maximum atomic E-state index is 5.52. The van der Waals surface area contributed by atoms with Crippen molar-refractivity contribution >= 4 is 5.95 Å². The molecule has 1 aromatic heterocycles. The van der Waals surface area contributed by atoms with E-state index < -0.39 is 0 Å². The summed E-state index contributed by atoms with van der Waals surface area (Å²) in [4.78, 5) is 8.71. The van der Waals surface area contributed by atoms with Crippen LogP contribution in [0.2, 0.25) is 0 Å². The van der Waals surface area contributed by atoms with Crippen LogP contribution in [0.4, 0.5) is 5.95 Å². The zero-order chi connectivity index (χ0) is 11.5. The zero-order valence-corrected chi connectivity index (χ0v) is 10.2. The first kappa shape index (κ1) is 11.3. The summed E-state index contributed by atoms with van der Waals surface area (Å²) in [6, 6.07) is 1.98. The minimum atomic E-state index is 0.346. The molecular weight excluding hydrogens is 202 g/mol. The standard InChI is InChI=1S/C12H19N3O/c1-8-6-9(2)15-12(14-8)13-7-11-4-5-16-10(11)3/h6,10-11H,4-5,7H2,1-3H3,(H,13,14,15). The Kier molecular flexibility index (Phi) is 3.39. The van der Waals surface area contributed by atoms with Crippen LogP contribution in [-0.2, 0) is 4.74 Å². The molecule has 4 nitrogen and oxygen atoms in total. The lowest BCUT2D eigenvalue weighted by molar-refractivity contribution is 0.108.